The Bertz CT molecular complexity index is 1050. The zero-order chi connectivity index (χ0) is 23.4. The summed E-state index contributed by atoms with van der Waals surface area (Å²) in [4.78, 5) is 29.5. The molecule has 2 atom stereocenters. The smallest absolute Gasteiger partial charge is 0.320 e. The Morgan fingerprint density at radius 3 is 2.73 bits per heavy atom. The van der Waals surface area contributed by atoms with Crippen molar-refractivity contribution >= 4 is 22.8 Å². The van der Waals surface area contributed by atoms with Gasteiger partial charge in [0.2, 0.25) is 5.91 Å². The fourth-order valence-corrected chi connectivity index (χ4v) is 5.56. The van der Waals surface area contributed by atoms with Gasteiger partial charge in [-0.3, -0.25) is 14.5 Å². The largest absolute Gasteiger partial charge is 0.465 e. The SMILES string of the molecule is CCOC(=O)CN1CCC[C@@H]1C(=O)N1CCC[C@H]1CCc1cc2ccc(C#N)cc2n1CC. The average molecular weight is 451 g/mol. The third-order valence-electron chi connectivity index (χ3n) is 7.12. The van der Waals surface area contributed by atoms with Gasteiger partial charge < -0.3 is 14.2 Å². The predicted octanol–water partition coefficient (Wildman–Crippen LogP) is 3.48. The minimum atomic E-state index is -0.248. The molecule has 1 aromatic heterocycles. The number of aromatic nitrogens is 1. The number of fused-ring (bicyclic) bond motifs is 1. The number of benzene rings is 1. The molecular weight excluding hydrogens is 416 g/mol. The van der Waals surface area contributed by atoms with Crippen molar-refractivity contribution in [2.75, 3.05) is 26.2 Å². The van der Waals surface area contributed by atoms with Gasteiger partial charge in [0.05, 0.1) is 30.8 Å². The molecule has 3 heterocycles. The minimum absolute atomic E-state index is 0.175. The molecule has 0 spiro atoms. The lowest BCUT2D eigenvalue weighted by molar-refractivity contribution is -0.146. The molecule has 7 nitrogen and oxygen atoms in total. The van der Waals surface area contributed by atoms with E-state index in [9.17, 15) is 14.9 Å². The van der Waals surface area contributed by atoms with Crippen LogP contribution in [-0.2, 0) is 27.3 Å². The van der Waals surface area contributed by atoms with Crippen molar-refractivity contribution < 1.29 is 14.3 Å². The van der Waals surface area contributed by atoms with Crippen LogP contribution in [0.25, 0.3) is 10.9 Å². The number of hydrogen-bond acceptors (Lipinski definition) is 5. The fourth-order valence-electron chi connectivity index (χ4n) is 5.56. The van der Waals surface area contributed by atoms with E-state index >= 15 is 0 Å². The summed E-state index contributed by atoms with van der Waals surface area (Å²) >= 11 is 0. The minimum Gasteiger partial charge on any atom is -0.465 e. The van der Waals surface area contributed by atoms with Crippen molar-refractivity contribution in [1.29, 1.82) is 5.26 Å². The van der Waals surface area contributed by atoms with E-state index in [2.05, 4.69) is 28.5 Å². The van der Waals surface area contributed by atoms with E-state index in [1.54, 1.807) is 6.92 Å². The lowest BCUT2D eigenvalue weighted by atomic mass is 10.1. The van der Waals surface area contributed by atoms with Crippen LogP contribution >= 0.6 is 0 Å². The number of nitrogens with zero attached hydrogens (tertiary/aromatic N) is 4. The molecule has 0 bridgehead atoms. The van der Waals surface area contributed by atoms with E-state index in [0.29, 0.717) is 12.2 Å². The molecule has 0 aliphatic carbocycles. The van der Waals surface area contributed by atoms with Gasteiger partial charge in [0.25, 0.3) is 0 Å². The molecule has 1 amide bonds. The van der Waals surface area contributed by atoms with Gasteiger partial charge in [-0.05, 0) is 82.5 Å². The molecule has 0 N–H and O–H groups in total. The maximum Gasteiger partial charge on any atom is 0.320 e. The Labute approximate surface area is 195 Å². The molecule has 2 fully saturated rings. The predicted molar refractivity (Wildman–Crippen MR) is 127 cm³/mol. The van der Waals surface area contributed by atoms with Gasteiger partial charge in [-0.25, -0.2) is 0 Å². The summed E-state index contributed by atoms with van der Waals surface area (Å²) in [6.07, 6.45) is 5.64. The standard InChI is InChI=1S/C26H34N4O3/c1-3-29-22(16-20-10-9-19(17-27)15-24(20)29)12-11-21-7-5-14-30(21)26(32)23-8-6-13-28(23)18-25(31)33-4-2/h9-10,15-16,21,23H,3-8,11-14,18H2,1-2H3/t21-,23+/m0/s1. The molecule has 33 heavy (non-hydrogen) atoms. The van der Waals surface area contributed by atoms with E-state index in [1.165, 1.54) is 5.69 Å². The summed E-state index contributed by atoms with van der Waals surface area (Å²) in [5, 5.41) is 10.4. The normalized spacial score (nSPS) is 20.9. The summed E-state index contributed by atoms with van der Waals surface area (Å²) in [6, 6.07) is 10.3. The lowest BCUT2D eigenvalue weighted by Gasteiger charge is -2.31. The first-order valence-corrected chi connectivity index (χ1v) is 12.3. The maximum atomic E-state index is 13.4. The van der Waals surface area contributed by atoms with Crippen molar-refractivity contribution in [3.8, 4) is 6.07 Å². The fraction of sp³-hybridized carbons (Fsp3) is 0.577. The topological polar surface area (TPSA) is 78.6 Å². The molecule has 7 heteroatoms. The highest BCUT2D eigenvalue weighted by atomic mass is 16.5. The zero-order valence-electron chi connectivity index (χ0n) is 19.8. The van der Waals surface area contributed by atoms with Gasteiger partial charge in [0.15, 0.2) is 0 Å². The molecule has 0 radical (unpaired) electrons. The Morgan fingerprint density at radius 1 is 1.15 bits per heavy atom. The Kier molecular flexibility index (Phi) is 7.34. The van der Waals surface area contributed by atoms with Crippen molar-refractivity contribution in [2.45, 2.75) is 71.0 Å². The highest BCUT2D eigenvalue weighted by Crippen LogP contribution is 2.28. The van der Waals surface area contributed by atoms with E-state index in [-0.39, 0.29) is 30.5 Å². The molecule has 2 saturated heterocycles. The number of amides is 1. The Hall–Kier alpha value is -2.85. The number of hydrogen-bond donors (Lipinski definition) is 0. The molecular formula is C26H34N4O3. The van der Waals surface area contributed by atoms with Crippen LogP contribution in [0, 0.1) is 11.3 Å². The van der Waals surface area contributed by atoms with Crippen molar-refractivity contribution in [3.05, 3.63) is 35.5 Å². The van der Waals surface area contributed by atoms with Gasteiger partial charge >= 0.3 is 5.97 Å². The number of esters is 1. The molecule has 0 unspecified atom stereocenters. The van der Waals surface area contributed by atoms with Crippen LogP contribution in [0.5, 0.6) is 0 Å². The summed E-state index contributed by atoms with van der Waals surface area (Å²) in [7, 11) is 0. The molecule has 2 aliphatic rings. The van der Waals surface area contributed by atoms with Gasteiger partial charge in [0, 0.05) is 30.3 Å². The highest BCUT2D eigenvalue weighted by molar-refractivity contribution is 5.84. The van der Waals surface area contributed by atoms with E-state index in [1.807, 2.05) is 23.1 Å². The van der Waals surface area contributed by atoms with Gasteiger partial charge in [-0.2, -0.15) is 5.26 Å². The third kappa shape index (κ3) is 4.91. The quantitative estimate of drug-likeness (QED) is 0.576. The third-order valence-corrected chi connectivity index (χ3v) is 7.12. The monoisotopic (exact) mass is 450 g/mol. The highest BCUT2D eigenvalue weighted by Gasteiger charge is 2.38. The van der Waals surface area contributed by atoms with Crippen LogP contribution in [0.1, 0.15) is 57.2 Å². The Morgan fingerprint density at radius 2 is 1.97 bits per heavy atom. The number of rotatable bonds is 8. The number of carbonyl (C=O) groups excluding carboxylic acids is 2. The van der Waals surface area contributed by atoms with Gasteiger partial charge in [-0.1, -0.05) is 6.07 Å². The summed E-state index contributed by atoms with van der Waals surface area (Å²) in [5.41, 5.74) is 3.04. The van der Waals surface area contributed by atoms with Crippen LogP contribution in [0.2, 0.25) is 0 Å². The van der Waals surface area contributed by atoms with E-state index in [0.717, 1.165) is 69.1 Å². The zero-order valence-corrected chi connectivity index (χ0v) is 19.8. The molecule has 176 valence electrons. The van der Waals surface area contributed by atoms with Crippen LogP contribution < -0.4 is 0 Å². The number of ether oxygens (including phenoxy) is 1. The van der Waals surface area contributed by atoms with Gasteiger partial charge in [-0.15, -0.1) is 0 Å². The molecule has 2 aliphatic heterocycles. The second-order valence-electron chi connectivity index (χ2n) is 9.07. The molecule has 2 aromatic rings. The molecule has 0 saturated carbocycles. The second kappa shape index (κ2) is 10.4. The van der Waals surface area contributed by atoms with E-state index < -0.39 is 0 Å². The number of carbonyl (C=O) groups is 2. The lowest BCUT2D eigenvalue weighted by Crippen LogP contribution is -2.48. The average Bonchev–Trinajstić information content (AvgIpc) is 3.54. The molecule has 4 rings (SSSR count). The number of aryl methyl sites for hydroxylation is 2. The summed E-state index contributed by atoms with van der Waals surface area (Å²) in [5.74, 6) is -0.0730. The molecule has 1 aromatic carbocycles. The van der Waals surface area contributed by atoms with Crippen molar-refractivity contribution in [1.82, 2.24) is 14.4 Å². The summed E-state index contributed by atoms with van der Waals surface area (Å²) < 4.78 is 7.39. The van der Waals surface area contributed by atoms with Crippen molar-refractivity contribution in [2.24, 2.45) is 0 Å². The first kappa shape index (κ1) is 23.3. The summed E-state index contributed by atoms with van der Waals surface area (Å²) in [6.45, 7) is 6.93. The van der Waals surface area contributed by atoms with Crippen LogP contribution in [0.4, 0.5) is 0 Å². The van der Waals surface area contributed by atoms with Crippen molar-refractivity contribution in [3.63, 3.8) is 0 Å². The number of nitriles is 1. The maximum absolute atomic E-state index is 13.4. The second-order valence-corrected chi connectivity index (χ2v) is 9.07. The first-order chi connectivity index (χ1) is 16.0. The number of likely N-dealkylation sites (tertiary alicyclic amines) is 2. The van der Waals surface area contributed by atoms with Gasteiger partial charge in [0.1, 0.15) is 0 Å². The van der Waals surface area contributed by atoms with Crippen LogP contribution in [-0.4, -0.2) is 64.6 Å². The van der Waals surface area contributed by atoms with Crippen LogP contribution in [0.15, 0.2) is 24.3 Å². The van der Waals surface area contributed by atoms with E-state index in [4.69, 9.17) is 4.74 Å². The first-order valence-electron chi connectivity index (χ1n) is 12.3. The Balaban J connectivity index is 1.43. The van der Waals surface area contributed by atoms with Crippen LogP contribution in [0.3, 0.4) is 0 Å².